The average molecular weight is 326 g/mol. The van der Waals surface area contributed by atoms with Crippen molar-refractivity contribution in [1.82, 2.24) is 10.3 Å². The molecule has 126 valence electrons. The Kier molecular flexibility index (Phi) is 5.52. The van der Waals surface area contributed by atoms with Crippen molar-refractivity contribution in [3.8, 4) is 0 Å². The number of anilines is 2. The highest BCUT2D eigenvalue weighted by molar-refractivity contribution is 6.39. The molecule has 2 rings (SSSR count). The predicted molar refractivity (Wildman–Crippen MR) is 95.0 cm³/mol. The molecule has 0 aliphatic heterocycles. The Morgan fingerprint density at radius 2 is 1.83 bits per heavy atom. The number of hydrogen-bond acceptors (Lipinski definition) is 4. The third-order valence-corrected chi connectivity index (χ3v) is 3.78. The van der Waals surface area contributed by atoms with Crippen LogP contribution in [0, 0.1) is 13.8 Å². The van der Waals surface area contributed by atoms with Gasteiger partial charge in [-0.1, -0.05) is 6.07 Å². The second-order valence-corrected chi connectivity index (χ2v) is 5.83. The molecule has 2 N–H and O–H groups in total. The second-order valence-electron chi connectivity index (χ2n) is 5.83. The van der Waals surface area contributed by atoms with Gasteiger partial charge in [0.2, 0.25) is 0 Å². The summed E-state index contributed by atoms with van der Waals surface area (Å²) in [6.45, 7) is 4.12. The molecule has 0 spiro atoms. The predicted octanol–water partition coefficient (Wildman–Crippen LogP) is 2.02. The Hall–Kier alpha value is -2.89. The van der Waals surface area contributed by atoms with Gasteiger partial charge in [-0.25, -0.2) is 0 Å². The lowest BCUT2D eigenvalue weighted by atomic mass is 10.1. The van der Waals surface area contributed by atoms with Crippen molar-refractivity contribution in [2.45, 2.75) is 20.4 Å². The first-order chi connectivity index (χ1) is 11.4. The maximum Gasteiger partial charge on any atom is 0.313 e. The lowest BCUT2D eigenvalue weighted by Crippen LogP contribution is -2.35. The maximum atomic E-state index is 12.0. The van der Waals surface area contributed by atoms with E-state index >= 15 is 0 Å². The number of hydrogen-bond donors (Lipinski definition) is 2. The topological polar surface area (TPSA) is 74.3 Å². The van der Waals surface area contributed by atoms with Crippen LogP contribution in [0.25, 0.3) is 0 Å². The van der Waals surface area contributed by atoms with Crippen LogP contribution in [0.15, 0.2) is 36.7 Å². The van der Waals surface area contributed by atoms with Crippen LogP contribution in [0.4, 0.5) is 11.4 Å². The van der Waals surface area contributed by atoms with E-state index in [-0.39, 0.29) is 0 Å². The van der Waals surface area contributed by atoms with Gasteiger partial charge in [-0.2, -0.15) is 0 Å². The molecular formula is C18H22N4O2. The lowest BCUT2D eigenvalue weighted by Gasteiger charge is -2.15. The number of carbonyl (C=O) groups excluding carboxylic acids is 2. The summed E-state index contributed by atoms with van der Waals surface area (Å²) < 4.78 is 0. The summed E-state index contributed by atoms with van der Waals surface area (Å²) >= 11 is 0. The van der Waals surface area contributed by atoms with Gasteiger partial charge in [-0.05, 0) is 48.7 Å². The molecule has 24 heavy (non-hydrogen) atoms. The monoisotopic (exact) mass is 326 g/mol. The number of amides is 2. The van der Waals surface area contributed by atoms with Crippen LogP contribution in [-0.4, -0.2) is 30.9 Å². The minimum atomic E-state index is -0.700. The molecule has 0 bridgehead atoms. The van der Waals surface area contributed by atoms with E-state index in [2.05, 4.69) is 15.6 Å². The number of nitrogens with one attached hydrogen (secondary N) is 2. The summed E-state index contributed by atoms with van der Waals surface area (Å²) in [6.07, 6.45) is 3.15. The number of aryl methyl sites for hydroxylation is 2. The van der Waals surface area contributed by atoms with Crippen LogP contribution < -0.4 is 15.5 Å². The Morgan fingerprint density at radius 1 is 1.08 bits per heavy atom. The fourth-order valence-corrected chi connectivity index (χ4v) is 2.19. The normalized spacial score (nSPS) is 10.2. The molecule has 0 radical (unpaired) electrons. The third kappa shape index (κ3) is 4.32. The van der Waals surface area contributed by atoms with Gasteiger partial charge in [0.05, 0.1) is 11.9 Å². The van der Waals surface area contributed by atoms with E-state index in [1.165, 1.54) is 6.20 Å². The van der Waals surface area contributed by atoms with E-state index in [1.807, 2.05) is 51.0 Å². The van der Waals surface area contributed by atoms with Gasteiger partial charge in [-0.3, -0.25) is 14.6 Å². The first-order valence-electron chi connectivity index (χ1n) is 7.65. The van der Waals surface area contributed by atoms with Crippen LogP contribution in [-0.2, 0) is 16.1 Å². The van der Waals surface area contributed by atoms with Crippen molar-refractivity contribution in [3.63, 3.8) is 0 Å². The van der Waals surface area contributed by atoms with Gasteiger partial charge in [0.15, 0.2) is 0 Å². The first kappa shape index (κ1) is 17.5. The highest BCUT2D eigenvalue weighted by atomic mass is 16.2. The fraction of sp³-hybridized carbons (Fsp3) is 0.278. The zero-order chi connectivity index (χ0) is 17.7. The van der Waals surface area contributed by atoms with Gasteiger partial charge in [-0.15, -0.1) is 0 Å². The van der Waals surface area contributed by atoms with Crippen LogP contribution in [0.1, 0.15) is 16.7 Å². The molecule has 2 amide bonds. The Morgan fingerprint density at radius 3 is 2.46 bits per heavy atom. The maximum absolute atomic E-state index is 12.0. The van der Waals surface area contributed by atoms with E-state index in [4.69, 9.17) is 0 Å². The van der Waals surface area contributed by atoms with Crippen molar-refractivity contribution in [2.75, 3.05) is 24.3 Å². The second kappa shape index (κ2) is 7.59. The summed E-state index contributed by atoms with van der Waals surface area (Å²) in [7, 11) is 3.95. The third-order valence-electron chi connectivity index (χ3n) is 3.78. The van der Waals surface area contributed by atoms with Gasteiger partial charge in [0.1, 0.15) is 0 Å². The van der Waals surface area contributed by atoms with E-state index in [0.717, 1.165) is 22.4 Å². The van der Waals surface area contributed by atoms with Gasteiger partial charge < -0.3 is 15.5 Å². The molecule has 0 aliphatic carbocycles. The number of benzene rings is 1. The van der Waals surface area contributed by atoms with Crippen molar-refractivity contribution in [1.29, 1.82) is 0 Å². The lowest BCUT2D eigenvalue weighted by molar-refractivity contribution is -0.136. The SMILES string of the molecule is Cc1cc(N(C)C)ccc1CNC(=O)C(=O)Nc1cnccc1C. The van der Waals surface area contributed by atoms with E-state index < -0.39 is 11.8 Å². The molecule has 1 aromatic heterocycles. The van der Waals surface area contributed by atoms with Crippen LogP contribution in [0.3, 0.4) is 0 Å². The molecule has 0 aliphatic rings. The van der Waals surface area contributed by atoms with Crippen LogP contribution >= 0.6 is 0 Å². The van der Waals surface area contributed by atoms with E-state index in [0.29, 0.717) is 12.2 Å². The number of nitrogens with zero attached hydrogens (tertiary/aromatic N) is 2. The van der Waals surface area contributed by atoms with Crippen molar-refractivity contribution < 1.29 is 9.59 Å². The molecule has 0 unspecified atom stereocenters. The Labute approximate surface area is 141 Å². The largest absolute Gasteiger partial charge is 0.378 e. The molecular weight excluding hydrogens is 304 g/mol. The molecule has 2 aromatic rings. The molecule has 0 saturated heterocycles. The molecule has 1 heterocycles. The van der Waals surface area contributed by atoms with E-state index in [1.54, 1.807) is 12.3 Å². The minimum Gasteiger partial charge on any atom is -0.378 e. The first-order valence-corrected chi connectivity index (χ1v) is 7.65. The average Bonchev–Trinajstić information content (AvgIpc) is 2.55. The van der Waals surface area contributed by atoms with Crippen LogP contribution in [0.5, 0.6) is 0 Å². The van der Waals surface area contributed by atoms with E-state index in [9.17, 15) is 9.59 Å². The summed E-state index contributed by atoms with van der Waals surface area (Å²) in [6, 6.07) is 7.74. The summed E-state index contributed by atoms with van der Waals surface area (Å²) in [5.41, 5.74) is 4.50. The summed E-state index contributed by atoms with van der Waals surface area (Å²) in [5.74, 6) is -1.37. The number of pyridine rings is 1. The molecule has 0 saturated carbocycles. The Bertz CT molecular complexity index is 756. The quantitative estimate of drug-likeness (QED) is 0.843. The van der Waals surface area contributed by atoms with Crippen LogP contribution in [0.2, 0.25) is 0 Å². The van der Waals surface area contributed by atoms with Gasteiger partial charge in [0.25, 0.3) is 0 Å². The smallest absolute Gasteiger partial charge is 0.313 e. The van der Waals surface area contributed by atoms with Crippen molar-refractivity contribution in [3.05, 3.63) is 53.3 Å². The number of rotatable bonds is 4. The van der Waals surface area contributed by atoms with Gasteiger partial charge in [0, 0.05) is 32.5 Å². The summed E-state index contributed by atoms with van der Waals surface area (Å²) in [4.78, 5) is 29.9. The molecule has 6 heteroatoms. The molecule has 0 atom stereocenters. The number of carbonyl (C=O) groups is 2. The zero-order valence-electron chi connectivity index (χ0n) is 14.4. The Balaban J connectivity index is 1.95. The molecule has 0 fully saturated rings. The fourth-order valence-electron chi connectivity index (χ4n) is 2.19. The molecule has 1 aromatic carbocycles. The van der Waals surface area contributed by atoms with Crippen molar-refractivity contribution >= 4 is 23.2 Å². The standard InChI is InChI=1S/C18H22N4O2/c1-12-7-8-19-11-16(12)21-18(24)17(23)20-10-14-5-6-15(22(3)4)9-13(14)2/h5-9,11H,10H2,1-4H3,(H,20,23)(H,21,24). The summed E-state index contributed by atoms with van der Waals surface area (Å²) in [5, 5.41) is 5.21. The van der Waals surface area contributed by atoms with Gasteiger partial charge >= 0.3 is 11.8 Å². The highest BCUT2D eigenvalue weighted by Crippen LogP contribution is 2.17. The highest BCUT2D eigenvalue weighted by Gasteiger charge is 2.14. The minimum absolute atomic E-state index is 0.303. The van der Waals surface area contributed by atoms with Crippen molar-refractivity contribution in [2.24, 2.45) is 0 Å². The number of aromatic nitrogens is 1. The molecule has 6 nitrogen and oxygen atoms in total. The zero-order valence-corrected chi connectivity index (χ0v) is 14.4.